The maximum Gasteiger partial charge on any atom is 0.481 e. The van der Waals surface area contributed by atoms with Crippen LogP contribution in [0.4, 0.5) is 13.2 Å². The summed E-state index contributed by atoms with van der Waals surface area (Å²) < 4.78 is 33.9. The van der Waals surface area contributed by atoms with Crippen molar-refractivity contribution < 1.29 is 13.2 Å². The number of halogens is 3. The second-order valence-electron chi connectivity index (χ2n) is 1.20. The number of rotatable bonds is 0. The van der Waals surface area contributed by atoms with Gasteiger partial charge in [-0.05, 0) is 0 Å². The Hall–Kier alpha value is -1.23. The Kier molecular flexibility index (Phi) is 2.04. The first-order valence-electron chi connectivity index (χ1n) is 1.85. The number of hydrogen-bond acceptors (Lipinski definition) is 1. The summed E-state index contributed by atoms with van der Waals surface area (Å²) in [7, 11) is 0. The van der Waals surface area contributed by atoms with Gasteiger partial charge in [-0.25, -0.2) is 6.57 Å². The molecule has 0 bridgehead atoms. The van der Waals surface area contributed by atoms with Crippen LogP contribution in [-0.2, 0) is 0 Å². The molecule has 0 fully saturated rings. The lowest BCUT2D eigenvalue weighted by Crippen LogP contribution is -2.23. The average Bonchev–Trinajstić information content (AvgIpc) is 1.65. The fraction of sp³-hybridized carbons (Fsp3) is 0.500. The molecule has 0 N–H and O–H groups in total. The number of nitriles is 1. The van der Waals surface area contributed by atoms with Crippen molar-refractivity contribution in [3.05, 3.63) is 11.4 Å². The molecule has 1 unspecified atom stereocenters. The quantitative estimate of drug-likeness (QED) is 0.459. The first-order chi connectivity index (χ1) is 4.02. The first-order valence-corrected chi connectivity index (χ1v) is 1.85. The van der Waals surface area contributed by atoms with Gasteiger partial charge in [0.05, 0.1) is 0 Å². The Morgan fingerprint density at radius 2 is 2.00 bits per heavy atom. The van der Waals surface area contributed by atoms with Gasteiger partial charge >= 0.3 is 12.2 Å². The van der Waals surface area contributed by atoms with E-state index in [1.54, 1.807) is 0 Å². The zero-order valence-corrected chi connectivity index (χ0v) is 4.11. The average molecular weight is 134 g/mol. The largest absolute Gasteiger partial charge is 0.481 e. The van der Waals surface area contributed by atoms with E-state index in [0.29, 0.717) is 0 Å². The van der Waals surface area contributed by atoms with E-state index in [1.165, 1.54) is 0 Å². The zero-order chi connectivity index (χ0) is 7.49. The summed E-state index contributed by atoms with van der Waals surface area (Å²) in [6.07, 6.45) is -4.70. The molecule has 0 aliphatic carbocycles. The van der Waals surface area contributed by atoms with Crippen molar-refractivity contribution in [1.29, 1.82) is 5.26 Å². The molecule has 1 atom stereocenters. The maximum absolute atomic E-state index is 11.3. The van der Waals surface area contributed by atoms with Gasteiger partial charge in [0.1, 0.15) is 0 Å². The Balaban J connectivity index is 4.23. The fourth-order valence-corrected chi connectivity index (χ4v) is 0.175. The topological polar surface area (TPSA) is 28.1 Å². The lowest BCUT2D eigenvalue weighted by Gasteiger charge is -1.99. The summed E-state index contributed by atoms with van der Waals surface area (Å²) in [6, 6.07) is -1.69. The van der Waals surface area contributed by atoms with Crippen LogP contribution in [0.5, 0.6) is 0 Å². The second-order valence-corrected chi connectivity index (χ2v) is 1.20. The molecule has 0 spiro atoms. The van der Waals surface area contributed by atoms with Crippen molar-refractivity contribution in [2.24, 2.45) is 0 Å². The van der Waals surface area contributed by atoms with Crippen molar-refractivity contribution in [3.8, 4) is 6.07 Å². The smallest absolute Gasteiger partial charge is 0.287 e. The second kappa shape index (κ2) is 2.36. The van der Waals surface area contributed by atoms with E-state index >= 15 is 0 Å². The van der Waals surface area contributed by atoms with Crippen LogP contribution in [0.25, 0.3) is 4.85 Å². The Bertz CT molecular complexity index is 156. The summed E-state index contributed by atoms with van der Waals surface area (Å²) in [4.78, 5) is 2.04. The summed E-state index contributed by atoms with van der Waals surface area (Å²) in [6.45, 7) is 5.90. The van der Waals surface area contributed by atoms with Crippen molar-refractivity contribution in [2.45, 2.75) is 12.2 Å². The van der Waals surface area contributed by atoms with Gasteiger partial charge in [-0.2, -0.15) is 18.4 Å². The molecule has 0 saturated carbocycles. The Labute approximate surface area is 49.3 Å². The molecule has 2 nitrogen and oxygen atoms in total. The highest BCUT2D eigenvalue weighted by atomic mass is 19.4. The molecule has 0 heterocycles. The van der Waals surface area contributed by atoms with Crippen molar-refractivity contribution in [2.75, 3.05) is 0 Å². The summed E-state index contributed by atoms with van der Waals surface area (Å²) in [5.74, 6) is 0. The predicted octanol–water partition coefficient (Wildman–Crippen LogP) is 1.36. The third-order valence-corrected chi connectivity index (χ3v) is 0.561. The molecule has 0 aromatic heterocycles. The Morgan fingerprint density at radius 3 is 2.00 bits per heavy atom. The van der Waals surface area contributed by atoms with Crippen LogP contribution >= 0.6 is 0 Å². The van der Waals surface area contributed by atoms with E-state index in [1.807, 2.05) is 4.85 Å². The molecule has 9 heavy (non-hydrogen) atoms. The third-order valence-electron chi connectivity index (χ3n) is 0.561. The molecule has 0 radical (unpaired) electrons. The summed E-state index contributed by atoms with van der Waals surface area (Å²) >= 11 is 0. The molecule has 0 aliphatic heterocycles. The highest BCUT2D eigenvalue weighted by Crippen LogP contribution is 2.21. The normalized spacial score (nSPS) is 13.4. The molecule has 0 aliphatic rings. The zero-order valence-electron chi connectivity index (χ0n) is 4.11. The van der Waals surface area contributed by atoms with Crippen LogP contribution in [0.2, 0.25) is 0 Å². The van der Waals surface area contributed by atoms with Crippen molar-refractivity contribution >= 4 is 0 Å². The SMILES string of the molecule is [C-]#[N+]C(C#N)C(F)(F)F. The third kappa shape index (κ3) is 2.00. The molecule has 0 rings (SSSR count). The fourth-order valence-electron chi connectivity index (χ4n) is 0.175. The van der Waals surface area contributed by atoms with Crippen LogP contribution in [0.15, 0.2) is 0 Å². The lowest BCUT2D eigenvalue weighted by atomic mass is 10.3. The molecule has 48 valence electrons. The highest BCUT2D eigenvalue weighted by molar-refractivity contribution is 5.03. The van der Waals surface area contributed by atoms with Gasteiger partial charge in [-0.3, -0.25) is 4.85 Å². The predicted molar refractivity (Wildman–Crippen MR) is 22.1 cm³/mol. The standard InChI is InChI=1S/C4HF3N2/c1-9-3(2-8)4(5,6)7/h3H. The Morgan fingerprint density at radius 1 is 1.56 bits per heavy atom. The molecular formula is C4HF3N2. The summed E-state index contributed by atoms with van der Waals surface area (Å²) in [5.41, 5.74) is 0. The minimum atomic E-state index is -4.70. The number of alkyl halides is 3. The minimum absolute atomic E-state index is 0.812. The maximum atomic E-state index is 11.3. The van der Waals surface area contributed by atoms with Crippen LogP contribution in [-0.4, -0.2) is 12.2 Å². The van der Waals surface area contributed by atoms with Gasteiger partial charge in [0.25, 0.3) is 0 Å². The molecule has 5 heteroatoms. The van der Waals surface area contributed by atoms with Gasteiger partial charge in [-0.15, -0.1) is 0 Å². The van der Waals surface area contributed by atoms with E-state index in [2.05, 4.69) is 0 Å². The van der Waals surface area contributed by atoms with Crippen LogP contribution in [0.1, 0.15) is 0 Å². The molecular weight excluding hydrogens is 133 g/mol. The molecule has 0 aromatic rings. The number of nitrogens with zero attached hydrogens (tertiary/aromatic N) is 2. The van der Waals surface area contributed by atoms with E-state index in [-0.39, 0.29) is 0 Å². The van der Waals surface area contributed by atoms with Gasteiger partial charge in [0, 0.05) is 0 Å². The van der Waals surface area contributed by atoms with Crippen molar-refractivity contribution in [1.82, 2.24) is 0 Å². The number of hydrogen-bond donors (Lipinski definition) is 0. The van der Waals surface area contributed by atoms with E-state index in [0.717, 1.165) is 6.07 Å². The van der Waals surface area contributed by atoms with Gasteiger partial charge < -0.3 is 0 Å². The van der Waals surface area contributed by atoms with Gasteiger partial charge in [0.15, 0.2) is 6.07 Å². The van der Waals surface area contributed by atoms with Crippen LogP contribution in [0.3, 0.4) is 0 Å². The van der Waals surface area contributed by atoms with Crippen LogP contribution in [0, 0.1) is 17.9 Å². The molecule has 0 saturated heterocycles. The summed E-state index contributed by atoms with van der Waals surface area (Å²) in [5, 5.41) is 7.68. The van der Waals surface area contributed by atoms with Crippen molar-refractivity contribution in [3.63, 3.8) is 0 Å². The monoisotopic (exact) mass is 134 g/mol. The minimum Gasteiger partial charge on any atom is -0.287 e. The molecule has 0 amide bonds. The first kappa shape index (κ1) is 7.77. The van der Waals surface area contributed by atoms with E-state index < -0.39 is 12.2 Å². The molecule has 0 aromatic carbocycles. The van der Waals surface area contributed by atoms with Crippen LogP contribution < -0.4 is 0 Å². The van der Waals surface area contributed by atoms with E-state index in [4.69, 9.17) is 11.8 Å². The van der Waals surface area contributed by atoms with Gasteiger partial charge in [0.2, 0.25) is 0 Å². The van der Waals surface area contributed by atoms with Gasteiger partial charge in [-0.1, -0.05) is 0 Å². The van der Waals surface area contributed by atoms with E-state index in [9.17, 15) is 13.2 Å². The lowest BCUT2D eigenvalue weighted by molar-refractivity contribution is -0.127. The highest BCUT2D eigenvalue weighted by Gasteiger charge is 2.46.